The molecule has 0 saturated carbocycles. The van der Waals surface area contributed by atoms with Crippen LogP contribution in [0.15, 0.2) is 42.7 Å². The number of aromatic nitrogens is 4. The Bertz CT molecular complexity index is 1060. The minimum Gasteiger partial charge on any atom is -0.319 e. The minimum atomic E-state index is -4.40. The van der Waals surface area contributed by atoms with Gasteiger partial charge >= 0.3 is 6.18 Å². The number of carbonyl (C=O) groups excluding carboxylic acids is 1. The van der Waals surface area contributed by atoms with Crippen LogP contribution in [0.3, 0.4) is 0 Å². The van der Waals surface area contributed by atoms with Crippen molar-refractivity contribution in [3.63, 3.8) is 0 Å². The highest BCUT2D eigenvalue weighted by Gasteiger charge is 2.30. The van der Waals surface area contributed by atoms with E-state index >= 15 is 0 Å². The fourth-order valence-electron chi connectivity index (χ4n) is 2.91. The van der Waals surface area contributed by atoms with Gasteiger partial charge in [0.2, 0.25) is 5.91 Å². The van der Waals surface area contributed by atoms with Crippen LogP contribution in [0, 0.1) is 13.8 Å². The topological polar surface area (TPSA) is 64.7 Å². The highest BCUT2D eigenvalue weighted by Crippen LogP contribution is 2.30. The van der Waals surface area contributed by atoms with E-state index in [0.717, 1.165) is 17.7 Å². The standard InChI is InChI=1S/C20H20F3N5O/c1-13-19(25-18(29)8-7-16-10-24-27(3)11-16)14(2)28(26-13)12-15-5-4-6-17(9-15)20(21,22)23/h4-11H,12H2,1-3H3,(H,25,29)/b8-7+. The Hall–Kier alpha value is -3.36. The molecular formula is C20H20F3N5O. The Labute approximate surface area is 165 Å². The fraction of sp³-hybridized carbons (Fsp3) is 0.250. The maximum atomic E-state index is 12.9. The van der Waals surface area contributed by atoms with Crippen LogP contribution in [-0.2, 0) is 24.6 Å². The molecule has 0 radical (unpaired) electrons. The SMILES string of the molecule is Cc1nn(Cc2cccc(C(F)(F)F)c2)c(C)c1NC(=O)/C=C/c1cnn(C)c1. The summed E-state index contributed by atoms with van der Waals surface area (Å²) in [5.41, 5.74) is 2.33. The quantitative estimate of drug-likeness (QED) is 0.656. The van der Waals surface area contributed by atoms with Crippen LogP contribution in [-0.4, -0.2) is 25.5 Å². The van der Waals surface area contributed by atoms with Crippen molar-refractivity contribution in [3.05, 3.63) is 70.8 Å². The number of carbonyl (C=O) groups is 1. The second kappa shape index (κ2) is 7.94. The van der Waals surface area contributed by atoms with E-state index in [-0.39, 0.29) is 12.5 Å². The van der Waals surface area contributed by atoms with Crippen LogP contribution in [0.2, 0.25) is 0 Å². The van der Waals surface area contributed by atoms with Crippen molar-refractivity contribution in [2.45, 2.75) is 26.6 Å². The average Bonchev–Trinajstić information content (AvgIpc) is 3.18. The first-order chi connectivity index (χ1) is 13.6. The molecule has 1 N–H and O–H groups in total. The van der Waals surface area contributed by atoms with E-state index in [1.165, 1.54) is 12.1 Å². The molecule has 9 heteroatoms. The van der Waals surface area contributed by atoms with Gasteiger partial charge in [0.25, 0.3) is 0 Å². The number of nitrogens with one attached hydrogen (secondary N) is 1. The second-order valence-electron chi connectivity index (χ2n) is 6.67. The van der Waals surface area contributed by atoms with Gasteiger partial charge in [0.05, 0.1) is 35.4 Å². The zero-order chi connectivity index (χ0) is 21.2. The van der Waals surface area contributed by atoms with Crippen LogP contribution in [0.25, 0.3) is 6.08 Å². The van der Waals surface area contributed by atoms with Gasteiger partial charge in [-0.25, -0.2) is 0 Å². The molecule has 2 heterocycles. The lowest BCUT2D eigenvalue weighted by atomic mass is 10.1. The summed E-state index contributed by atoms with van der Waals surface area (Å²) in [4.78, 5) is 12.2. The third-order valence-corrected chi connectivity index (χ3v) is 4.37. The first kappa shape index (κ1) is 20.4. The number of amides is 1. The van der Waals surface area contributed by atoms with Crippen LogP contribution in [0.5, 0.6) is 0 Å². The molecule has 6 nitrogen and oxygen atoms in total. The maximum absolute atomic E-state index is 12.9. The summed E-state index contributed by atoms with van der Waals surface area (Å²) < 4.78 is 41.9. The van der Waals surface area contributed by atoms with E-state index in [4.69, 9.17) is 0 Å². The smallest absolute Gasteiger partial charge is 0.319 e. The second-order valence-corrected chi connectivity index (χ2v) is 6.67. The number of alkyl halides is 3. The number of nitrogens with zero attached hydrogens (tertiary/aromatic N) is 4. The lowest BCUT2D eigenvalue weighted by Gasteiger charge is -2.10. The van der Waals surface area contributed by atoms with Crippen LogP contribution in [0.1, 0.15) is 28.1 Å². The molecule has 29 heavy (non-hydrogen) atoms. The van der Waals surface area contributed by atoms with E-state index in [0.29, 0.717) is 22.6 Å². The van der Waals surface area contributed by atoms with Crippen molar-refractivity contribution in [2.24, 2.45) is 7.05 Å². The van der Waals surface area contributed by atoms with Crippen molar-refractivity contribution in [1.29, 1.82) is 0 Å². The van der Waals surface area contributed by atoms with Gasteiger partial charge in [0.15, 0.2) is 0 Å². The molecule has 0 unspecified atom stereocenters. The molecule has 0 spiro atoms. The third kappa shape index (κ3) is 4.92. The number of halogens is 3. The summed E-state index contributed by atoms with van der Waals surface area (Å²) in [6.07, 6.45) is 2.03. The van der Waals surface area contributed by atoms with Gasteiger partial charge in [0, 0.05) is 24.9 Å². The molecule has 0 fully saturated rings. The van der Waals surface area contributed by atoms with E-state index in [1.54, 1.807) is 54.8 Å². The maximum Gasteiger partial charge on any atom is 0.416 e. The molecule has 1 aromatic carbocycles. The highest BCUT2D eigenvalue weighted by molar-refractivity contribution is 6.02. The monoisotopic (exact) mass is 403 g/mol. The lowest BCUT2D eigenvalue weighted by Crippen LogP contribution is -2.10. The summed E-state index contributed by atoms with van der Waals surface area (Å²) in [6, 6.07) is 5.12. The predicted molar refractivity (Wildman–Crippen MR) is 103 cm³/mol. The molecule has 1 amide bonds. The zero-order valence-electron chi connectivity index (χ0n) is 16.2. The molecule has 3 rings (SSSR count). The first-order valence-corrected chi connectivity index (χ1v) is 8.81. The fourth-order valence-corrected chi connectivity index (χ4v) is 2.91. The number of hydrogen-bond donors (Lipinski definition) is 1. The minimum absolute atomic E-state index is 0.165. The van der Waals surface area contributed by atoms with Gasteiger partial charge in [0.1, 0.15) is 0 Å². The van der Waals surface area contributed by atoms with Gasteiger partial charge in [-0.1, -0.05) is 12.1 Å². The summed E-state index contributed by atoms with van der Waals surface area (Å²) in [5.74, 6) is -0.335. The molecule has 3 aromatic rings. The van der Waals surface area contributed by atoms with E-state index in [9.17, 15) is 18.0 Å². The van der Waals surface area contributed by atoms with Crippen LogP contribution in [0.4, 0.5) is 18.9 Å². The number of aryl methyl sites for hydroxylation is 2. The highest BCUT2D eigenvalue weighted by atomic mass is 19.4. The molecule has 0 bridgehead atoms. The number of anilines is 1. The molecule has 0 atom stereocenters. The van der Waals surface area contributed by atoms with E-state index in [1.807, 2.05) is 0 Å². The largest absolute Gasteiger partial charge is 0.416 e. The summed E-state index contributed by atoms with van der Waals surface area (Å²) in [7, 11) is 1.78. The first-order valence-electron chi connectivity index (χ1n) is 8.81. The zero-order valence-corrected chi connectivity index (χ0v) is 16.2. The van der Waals surface area contributed by atoms with Crippen molar-refractivity contribution >= 4 is 17.7 Å². The lowest BCUT2D eigenvalue weighted by molar-refractivity contribution is -0.137. The molecular weight excluding hydrogens is 383 g/mol. The number of rotatable bonds is 5. The van der Waals surface area contributed by atoms with Crippen LogP contribution < -0.4 is 5.32 Å². The average molecular weight is 403 g/mol. The molecule has 0 aliphatic carbocycles. The van der Waals surface area contributed by atoms with Crippen molar-refractivity contribution < 1.29 is 18.0 Å². The van der Waals surface area contributed by atoms with Gasteiger partial charge in [-0.3, -0.25) is 14.2 Å². The predicted octanol–water partition coefficient (Wildman–Crippen LogP) is 3.95. The number of hydrogen-bond acceptors (Lipinski definition) is 3. The van der Waals surface area contributed by atoms with Gasteiger partial charge in [-0.15, -0.1) is 0 Å². The Morgan fingerprint density at radius 1 is 1.28 bits per heavy atom. The molecule has 0 aliphatic rings. The molecule has 152 valence electrons. The molecule has 0 saturated heterocycles. The molecule has 0 aliphatic heterocycles. The van der Waals surface area contributed by atoms with Gasteiger partial charge in [-0.2, -0.15) is 23.4 Å². The van der Waals surface area contributed by atoms with Crippen molar-refractivity contribution in [1.82, 2.24) is 19.6 Å². The number of benzene rings is 1. The van der Waals surface area contributed by atoms with E-state index in [2.05, 4.69) is 15.5 Å². The Balaban J connectivity index is 1.75. The Morgan fingerprint density at radius 2 is 2.03 bits per heavy atom. The summed E-state index contributed by atoms with van der Waals surface area (Å²) in [5, 5.41) is 11.2. The van der Waals surface area contributed by atoms with Crippen molar-refractivity contribution in [3.8, 4) is 0 Å². The Kier molecular flexibility index (Phi) is 5.58. The van der Waals surface area contributed by atoms with Gasteiger partial charge < -0.3 is 5.32 Å². The van der Waals surface area contributed by atoms with E-state index < -0.39 is 11.7 Å². The summed E-state index contributed by atoms with van der Waals surface area (Å²) in [6.45, 7) is 3.65. The van der Waals surface area contributed by atoms with Gasteiger partial charge in [-0.05, 0) is 37.6 Å². The van der Waals surface area contributed by atoms with Crippen molar-refractivity contribution in [2.75, 3.05) is 5.32 Å². The Morgan fingerprint density at radius 3 is 2.69 bits per heavy atom. The molecule has 2 aromatic heterocycles. The summed E-state index contributed by atoms with van der Waals surface area (Å²) >= 11 is 0. The van der Waals surface area contributed by atoms with Crippen LogP contribution >= 0.6 is 0 Å². The third-order valence-electron chi connectivity index (χ3n) is 4.37. The normalized spacial score (nSPS) is 11.9.